The fourth-order valence-corrected chi connectivity index (χ4v) is 4.16. The lowest BCUT2D eigenvalue weighted by Gasteiger charge is -2.27. The Morgan fingerprint density at radius 1 is 0.805 bits per heavy atom. The Bertz CT molecular complexity index is 1010. The van der Waals surface area contributed by atoms with Gasteiger partial charge in [0.25, 0.3) is 23.6 Å². The summed E-state index contributed by atoms with van der Waals surface area (Å²) in [7, 11) is 0. The zero-order valence-electron chi connectivity index (χ0n) is 21.7. The third-order valence-electron chi connectivity index (χ3n) is 5.71. The first-order chi connectivity index (χ1) is 19.5. The third kappa shape index (κ3) is 11.0. The van der Waals surface area contributed by atoms with Gasteiger partial charge in [0.2, 0.25) is 22.9 Å². The highest BCUT2D eigenvalue weighted by Crippen LogP contribution is 2.15. The van der Waals surface area contributed by atoms with E-state index in [1.54, 1.807) is 5.14 Å². The highest BCUT2D eigenvalue weighted by atomic mass is 127. The molecule has 0 bridgehead atoms. The van der Waals surface area contributed by atoms with Crippen LogP contribution in [-0.2, 0) is 52.8 Å². The molecule has 0 saturated carbocycles. The maximum absolute atomic E-state index is 13.5. The number of hydroxylamine groups is 4. The quantitative estimate of drug-likeness (QED) is 0.0805. The van der Waals surface area contributed by atoms with Gasteiger partial charge in [0.1, 0.15) is 0 Å². The van der Waals surface area contributed by atoms with E-state index >= 15 is 0 Å². The lowest BCUT2D eigenvalue weighted by Crippen LogP contribution is -2.48. The second-order valence-electron chi connectivity index (χ2n) is 8.71. The van der Waals surface area contributed by atoms with Crippen molar-refractivity contribution >= 4 is 96.7 Å². The summed E-state index contributed by atoms with van der Waals surface area (Å²) in [6.07, 6.45) is -1.34. The Balaban J connectivity index is 2.12. The molecule has 1 radical (unpaired) electrons. The van der Waals surface area contributed by atoms with Gasteiger partial charge in [-0.1, -0.05) is 15.9 Å². The summed E-state index contributed by atoms with van der Waals surface area (Å²) >= 11 is 4.88. The number of nitrogens with one attached hydrogen (secondary N) is 2. The highest BCUT2D eigenvalue weighted by Gasteiger charge is 2.35. The molecule has 0 aliphatic carbocycles. The maximum Gasteiger partial charge on any atom is 0.334 e. The normalized spacial score (nSPS) is 15.5. The van der Waals surface area contributed by atoms with Crippen LogP contribution in [0, 0.1) is 5.92 Å². The van der Waals surface area contributed by atoms with E-state index in [-0.39, 0.29) is 69.4 Å². The largest absolute Gasteiger partial charge is 0.356 e. The number of imide groups is 2. The van der Waals surface area contributed by atoms with Crippen molar-refractivity contribution in [1.82, 2.24) is 25.7 Å². The van der Waals surface area contributed by atoms with Gasteiger partial charge in [0, 0.05) is 58.2 Å². The minimum atomic E-state index is -1.02. The van der Waals surface area contributed by atoms with Gasteiger partial charge in [-0.15, -0.1) is 10.1 Å². The fourth-order valence-electron chi connectivity index (χ4n) is 3.56. The van der Waals surface area contributed by atoms with Crippen molar-refractivity contribution in [2.24, 2.45) is 5.92 Å². The van der Waals surface area contributed by atoms with E-state index in [0.717, 1.165) is 4.90 Å². The van der Waals surface area contributed by atoms with E-state index in [1.165, 1.54) is 0 Å². The Hall–Kier alpha value is -3.10. The molecule has 19 heteroatoms. The van der Waals surface area contributed by atoms with E-state index in [0.29, 0.717) is 10.1 Å². The molecule has 2 heterocycles. The van der Waals surface area contributed by atoms with Gasteiger partial charge in [0.05, 0.1) is 24.1 Å². The molecular weight excluding hydrogens is 728 g/mol. The summed E-state index contributed by atoms with van der Waals surface area (Å²) < 4.78 is 0. The average Bonchev–Trinajstić information content (AvgIpc) is 3.42. The van der Waals surface area contributed by atoms with Crippen molar-refractivity contribution in [3.8, 4) is 0 Å². The van der Waals surface area contributed by atoms with Crippen LogP contribution in [0.5, 0.6) is 0 Å². The molecule has 0 spiro atoms. The van der Waals surface area contributed by atoms with Gasteiger partial charge >= 0.3 is 11.9 Å². The Labute approximate surface area is 256 Å². The van der Waals surface area contributed by atoms with Crippen molar-refractivity contribution in [3.63, 3.8) is 0 Å². The van der Waals surface area contributed by atoms with Gasteiger partial charge in [-0.3, -0.25) is 33.6 Å². The first-order valence-electron chi connectivity index (χ1n) is 12.4. The maximum atomic E-state index is 13.5. The van der Waals surface area contributed by atoms with Crippen LogP contribution in [0.25, 0.3) is 0 Å². The van der Waals surface area contributed by atoms with Crippen LogP contribution >= 0.6 is 38.3 Å². The number of carbonyl (C=O) groups excluding carboxylic acids is 9. The first-order valence-corrected chi connectivity index (χ1v) is 14.8. The highest BCUT2D eigenvalue weighted by molar-refractivity contribution is 14.1. The molecule has 0 aromatic heterocycles. The van der Waals surface area contributed by atoms with Crippen LogP contribution < -0.4 is 10.6 Å². The third-order valence-corrected chi connectivity index (χ3v) is 6.66. The second kappa shape index (κ2) is 17.0. The van der Waals surface area contributed by atoms with Crippen LogP contribution in [0.1, 0.15) is 38.5 Å². The summed E-state index contributed by atoms with van der Waals surface area (Å²) in [5.74, 6) is -7.27. The monoisotopic (exact) mass is 754 g/mol. The van der Waals surface area contributed by atoms with Crippen LogP contribution in [0.15, 0.2) is 0 Å². The standard InChI is InChI=1S/C22H27BBrIN5O11/c24-10-15(32)27-12-13(11-26-14(31)9-23-25)22(39)28(7-5-20(37)40-29-16(33)1-2-17(29)34)8-6-21(38)41-30-18(35)3-4-19(30)36/h13H,1-12H2,(H,26,31)(H,27,32). The molecule has 2 N–H and O–H groups in total. The molecule has 223 valence electrons. The van der Waals surface area contributed by atoms with Crippen molar-refractivity contribution in [1.29, 1.82) is 0 Å². The summed E-state index contributed by atoms with van der Waals surface area (Å²) in [5.41, 5.74) is 0. The predicted molar refractivity (Wildman–Crippen MR) is 148 cm³/mol. The van der Waals surface area contributed by atoms with Gasteiger partial charge in [-0.2, -0.15) is 22.4 Å². The van der Waals surface area contributed by atoms with Crippen LogP contribution in [0.3, 0.4) is 0 Å². The van der Waals surface area contributed by atoms with Gasteiger partial charge in [0.15, 0.2) is 0 Å². The van der Waals surface area contributed by atoms with Gasteiger partial charge in [-0.25, -0.2) is 9.59 Å². The molecule has 2 saturated heterocycles. The number of alkyl halides is 1. The first kappa shape index (κ1) is 34.1. The van der Waals surface area contributed by atoms with Crippen molar-refractivity contribution < 1.29 is 52.8 Å². The van der Waals surface area contributed by atoms with Gasteiger partial charge in [-0.05, 0) is 0 Å². The number of hydrogen-bond donors (Lipinski definition) is 2. The summed E-state index contributed by atoms with van der Waals surface area (Å²) in [6.45, 7) is -1.08. The minimum Gasteiger partial charge on any atom is -0.356 e. The molecule has 7 amide bonds. The lowest BCUT2D eigenvalue weighted by molar-refractivity contribution is -0.198. The number of hydrogen-bond acceptors (Lipinski definition) is 11. The van der Waals surface area contributed by atoms with Crippen LogP contribution in [0.2, 0.25) is 6.32 Å². The Morgan fingerprint density at radius 2 is 1.22 bits per heavy atom. The lowest BCUT2D eigenvalue weighted by atomic mass is 10.0. The van der Waals surface area contributed by atoms with E-state index < -0.39 is 66.1 Å². The number of carbonyl (C=O) groups is 9. The zero-order chi connectivity index (χ0) is 30.5. The number of nitrogens with zero attached hydrogens (tertiary/aromatic N) is 3. The van der Waals surface area contributed by atoms with Crippen molar-refractivity contribution in [2.75, 3.05) is 31.5 Å². The minimum absolute atomic E-state index is 0.0483. The molecule has 1 unspecified atom stereocenters. The Morgan fingerprint density at radius 3 is 1.61 bits per heavy atom. The molecule has 0 aromatic carbocycles. The molecule has 0 aromatic rings. The van der Waals surface area contributed by atoms with E-state index in [9.17, 15) is 43.2 Å². The summed E-state index contributed by atoms with van der Waals surface area (Å²) in [6, 6.07) is 0. The molecule has 2 aliphatic rings. The topological polar surface area (TPSA) is 206 Å². The summed E-state index contributed by atoms with van der Waals surface area (Å²) in [5, 5.41) is 7.34. The molecule has 2 fully saturated rings. The number of amides is 7. The second-order valence-corrected chi connectivity index (χ2v) is 10.2. The molecule has 2 rings (SSSR count). The fraction of sp³-hybridized carbons (Fsp3) is 0.591. The molecule has 16 nitrogen and oxygen atoms in total. The van der Waals surface area contributed by atoms with E-state index in [2.05, 4.69) is 26.6 Å². The van der Waals surface area contributed by atoms with Crippen LogP contribution in [-0.4, -0.2) is 105 Å². The Kier molecular flexibility index (Phi) is 14.1. The van der Waals surface area contributed by atoms with E-state index in [1.807, 2.05) is 22.4 Å². The zero-order valence-corrected chi connectivity index (χ0v) is 25.5. The molecule has 2 aliphatic heterocycles. The van der Waals surface area contributed by atoms with Gasteiger partial charge < -0.3 is 25.2 Å². The molecule has 1 atom stereocenters. The summed E-state index contributed by atoms with van der Waals surface area (Å²) in [4.78, 5) is 120. The number of halogens is 2. The average molecular weight is 755 g/mol. The smallest absolute Gasteiger partial charge is 0.334 e. The van der Waals surface area contributed by atoms with Crippen LogP contribution in [0.4, 0.5) is 0 Å². The molecular formula is C22H27BBrIN5O11. The number of rotatable bonds is 16. The van der Waals surface area contributed by atoms with Crippen molar-refractivity contribution in [2.45, 2.75) is 44.8 Å². The molecule has 41 heavy (non-hydrogen) atoms. The van der Waals surface area contributed by atoms with E-state index in [4.69, 9.17) is 9.68 Å². The van der Waals surface area contributed by atoms with Crippen molar-refractivity contribution in [3.05, 3.63) is 0 Å². The SMILES string of the molecule is O=C(CBr)NCC(CNC(=O)C[B]I)C(=O)N(CCC(=O)ON1C(=O)CCC1=O)CCC(=O)ON1C(=O)CCC1=O. The predicted octanol–water partition coefficient (Wildman–Crippen LogP) is -1.47.